The second kappa shape index (κ2) is 35.6. The summed E-state index contributed by atoms with van der Waals surface area (Å²) in [7, 11) is 0. The summed E-state index contributed by atoms with van der Waals surface area (Å²) in [5, 5.41) is 260. The van der Waals surface area contributed by atoms with Crippen molar-refractivity contribution < 1.29 is 203 Å². The van der Waals surface area contributed by atoms with Crippen LogP contribution in [-0.2, 0) is 85.4 Å². The lowest BCUT2D eigenvalue weighted by molar-refractivity contribution is -0.396. The van der Waals surface area contributed by atoms with Crippen LogP contribution in [0.15, 0.2) is 0 Å². The van der Waals surface area contributed by atoms with E-state index in [1.807, 2.05) is 0 Å². The summed E-state index contributed by atoms with van der Waals surface area (Å²) in [6.07, 6.45) is -77.6. The molecule has 22 rings (SSSR count). The van der Waals surface area contributed by atoms with E-state index in [9.17, 15) is 127 Å². The number of unbranched alkanes of at least 4 members (excludes halogenated alkanes) is 2. The number of rotatable bonds is 17. The van der Waals surface area contributed by atoms with Gasteiger partial charge in [0.05, 0.1) is 46.2 Å². The molecule has 0 aromatic rings. The van der Waals surface area contributed by atoms with Gasteiger partial charge in [-0.3, -0.25) is 9.59 Å². The van der Waals surface area contributed by atoms with Crippen molar-refractivity contribution in [1.29, 1.82) is 0 Å². The van der Waals surface area contributed by atoms with Gasteiger partial charge in [0, 0.05) is 26.5 Å². The van der Waals surface area contributed by atoms with Gasteiger partial charge in [-0.05, 0) is 12.8 Å². The molecule has 22 aliphatic rings. The fourth-order valence-electron chi connectivity index (χ4n) is 13.1. The molecule has 22 aliphatic heterocycles. The maximum absolute atomic E-state index is 13.5. The Morgan fingerprint density at radius 3 is 0.828 bits per heavy atom. The molecule has 43 heteroatoms. The number of carbonyl (C=O) groups excluding carboxylic acids is 2. The maximum Gasteiger partial charge on any atom is 0.220 e. The topological polar surface area (TPSA) is 671 Å². The molecular formula is C56H94N2O41. The van der Waals surface area contributed by atoms with Gasteiger partial charge in [0.2, 0.25) is 11.8 Å². The first-order chi connectivity index (χ1) is 47.1. The second-order valence-electron chi connectivity index (χ2n) is 25.4. The Morgan fingerprint density at radius 2 is 0.566 bits per heavy atom. The molecule has 574 valence electrons. The fraction of sp³-hybridized carbons (Fsp3) is 0.964. The van der Waals surface area contributed by atoms with E-state index in [2.05, 4.69) is 10.6 Å². The van der Waals surface area contributed by atoms with Crippen molar-refractivity contribution in [2.75, 3.05) is 59.4 Å². The number of hydrogen-bond acceptors (Lipinski definition) is 41. The number of aliphatic hydroxyl groups is 23. The molecule has 0 spiro atoms. The van der Waals surface area contributed by atoms with Gasteiger partial charge < -0.3 is 204 Å². The zero-order valence-electron chi connectivity index (χ0n) is 52.9. The van der Waals surface area contributed by atoms with Gasteiger partial charge in [0.25, 0.3) is 0 Å². The van der Waals surface area contributed by atoms with Crippen molar-refractivity contribution in [3.63, 3.8) is 0 Å². The van der Waals surface area contributed by atoms with E-state index in [4.69, 9.17) is 75.8 Å². The number of amides is 2. The summed E-state index contributed by atoms with van der Waals surface area (Å²) in [5.74, 6) is -1.26. The Balaban J connectivity index is 0.955. The van der Waals surface area contributed by atoms with Gasteiger partial charge in [0.1, 0.15) is 195 Å². The first-order valence-electron chi connectivity index (χ1n) is 32.3. The smallest absolute Gasteiger partial charge is 0.220 e. The van der Waals surface area contributed by atoms with Crippen molar-refractivity contribution in [1.82, 2.24) is 10.6 Å². The Kier molecular flexibility index (Phi) is 29.0. The molecule has 2 amide bonds. The van der Waals surface area contributed by atoms with Crippen LogP contribution in [0.25, 0.3) is 0 Å². The van der Waals surface area contributed by atoms with Gasteiger partial charge in [-0.25, -0.2) is 0 Å². The van der Waals surface area contributed by atoms with Crippen LogP contribution >= 0.6 is 0 Å². The highest BCUT2D eigenvalue weighted by molar-refractivity contribution is 5.75. The summed E-state index contributed by atoms with van der Waals surface area (Å²) < 4.78 is 92.5. The molecule has 22 fully saturated rings. The molecule has 40 atom stereocenters. The lowest BCUT2D eigenvalue weighted by Gasteiger charge is -2.50. The van der Waals surface area contributed by atoms with Crippen molar-refractivity contribution >= 4 is 11.8 Å². The van der Waals surface area contributed by atoms with Crippen LogP contribution in [0, 0.1) is 0 Å². The highest BCUT2D eigenvalue weighted by atomic mass is 16.8. The third kappa shape index (κ3) is 17.6. The summed E-state index contributed by atoms with van der Waals surface area (Å²) in [4.78, 5) is 25.4. The van der Waals surface area contributed by atoms with E-state index in [0.717, 1.165) is 6.92 Å². The van der Waals surface area contributed by atoms with Gasteiger partial charge in [-0.1, -0.05) is 6.42 Å². The van der Waals surface area contributed by atoms with Gasteiger partial charge in [0.15, 0.2) is 50.3 Å². The molecule has 0 radical (unpaired) electrons. The first-order valence-corrected chi connectivity index (χ1v) is 32.3. The zero-order valence-corrected chi connectivity index (χ0v) is 52.9. The average molecular weight is 1450 g/mol. The third-order valence-corrected chi connectivity index (χ3v) is 18.7. The lowest BCUT2D eigenvalue weighted by atomic mass is 9.95. The summed E-state index contributed by atoms with van der Waals surface area (Å²) >= 11 is 0. The highest BCUT2D eigenvalue weighted by Gasteiger charge is 2.60. The first kappa shape index (κ1) is 80.5. The number of hydrogen-bond donors (Lipinski definition) is 25. The van der Waals surface area contributed by atoms with E-state index in [0.29, 0.717) is 6.42 Å². The molecule has 43 nitrogen and oxygen atoms in total. The molecule has 22 heterocycles. The van der Waals surface area contributed by atoms with Crippen molar-refractivity contribution in [3.8, 4) is 0 Å². The van der Waals surface area contributed by atoms with Crippen LogP contribution in [0.2, 0.25) is 0 Å². The maximum atomic E-state index is 13.5. The van der Waals surface area contributed by atoms with Gasteiger partial charge in [-0.15, -0.1) is 0 Å². The Bertz CT molecular complexity index is 2480. The average Bonchev–Trinajstić information content (AvgIpc) is 0.935. The van der Waals surface area contributed by atoms with Crippen LogP contribution in [0.4, 0.5) is 0 Å². The summed E-state index contributed by atoms with van der Waals surface area (Å²) in [6, 6.07) is -1.22. The molecule has 0 saturated carbocycles. The van der Waals surface area contributed by atoms with Crippen LogP contribution < -0.4 is 10.6 Å². The third-order valence-electron chi connectivity index (χ3n) is 18.7. The van der Waals surface area contributed by atoms with Crippen molar-refractivity contribution in [3.05, 3.63) is 0 Å². The molecule has 99 heavy (non-hydrogen) atoms. The molecule has 25 N–H and O–H groups in total. The van der Waals surface area contributed by atoms with Crippen molar-refractivity contribution in [2.24, 2.45) is 0 Å². The zero-order chi connectivity index (χ0) is 72.2. The SMILES string of the molecule is CC(=O)N[C@H]1[C@H](OCCCCCC(=O)NC[C@H]2O[C@@H]3O[C@H]4[C@H](O)[C@@H](O)[C@@H](O[C@H]5[C@H](O)[C@@H](O)[C@@H](O[C@H]6[C@H](O)[C@@H](O)[C@@H](O[C@H]7[C@H](O)[C@@H](O)[C@@H](O[C@H]8[C@H](O)[C@@H](O)[C@@H](O[C@H]9[C@H](O)[C@@H](O)[C@@H](O[C@H]2[C@H](O)[C@H]3O)O[C@@H]9CO)O[C@@H]8CO)O[C@@H]7CO)O[C@@H]6CO)O[C@@H]5CO)O[C@@H]4CO)O[C@H](CO)[C@@H](O)[C@@H]1O. The molecule has 0 aromatic carbocycles. The monoisotopic (exact) mass is 1450 g/mol. The van der Waals surface area contributed by atoms with Gasteiger partial charge in [-0.2, -0.15) is 0 Å². The van der Waals surface area contributed by atoms with Crippen LogP contribution in [-0.4, -0.2) is 434 Å². The van der Waals surface area contributed by atoms with Crippen LogP contribution in [0.3, 0.4) is 0 Å². The minimum atomic E-state index is -2.31. The molecule has 14 bridgehead atoms. The van der Waals surface area contributed by atoms with Crippen LogP contribution in [0.5, 0.6) is 0 Å². The van der Waals surface area contributed by atoms with E-state index in [1.54, 1.807) is 0 Å². The van der Waals surface area contributed by atoms with E-state index < -0.39 is 310 Å². The van der Waals surface area contributed by atoms with Crippen molar-refractivity contribution in [2.45, 2.75) is 278 Å². The molecule has 0 unspecified atom stereocenters. The van der Waals surface area contributed by atoms with E-state index in [-0.39, 0.29) is 25.9 Å². The minimum absolute atomic E-state index is 0.0642. The predicted molar refractivity (Wildman–Crippen MR) is 304 cm³/mol. The normalized spacial score (nSPS) is 50.3. The Morgan fingerprint density at radius 1 is 0.303 bits per heavy atom. The molecule has 0 aromatic heterocycles. The largest absolute Gasteiger partial charge is 0.394 e. The number of nitrogens with one attached hydrogen (secondary N) is 2. The number of ether oxygens (including phenoxy) is 16. The summed E-state index contributed by atoms with van der Waals surface area (Å²) in [6.45, 7) is -6.82. The molecule has 22 saturated heterocycles. The standard InChI is InChI=1S/C56H94N2O41/c1-15(66)58-25-27(69)26(68)17(8-59)86-49(25)84-6-4-2-3-5-24(67)57-7-16-42-28(70)35(77)50(85-16)94-43-18(9-60)88-52(37(79)30(43)72)96-45-20(11-62)90-54(39(81)32(45)74)98-47-22(13-64)92-56(41(83)34(47)76)99-48-23(14-65)91-55(40(82)33(48)75)97-46-21(12-63)89-53(38(80)31(46)73)95-44-19(10-61)87-51(93-42)36(78)29(44)71/h16-23,25-56,59-65,68-83H,2-14H2,1H3,(H,57,67)(H,58,66)/t16-,17-,18-,19-,20-,21-,22-,23-,25-,26-,27-,28-,29-,30-,31-,32-,33-,34-,35-,36-,37-,38-,39-,40-,41-,42-,43-,44-,45-,46-,47-,48-,49-,50-,51-,52-,53-,54-,55-,56-/m1/s1. The minimum Gasteiger partial charge on any atom is -0.394 e. The van der Waals surface area contributed by atoms with Gasteiger partial charge >= 0.3 is 0 Å². The van der Waals surface area contributed by atoms with Crippen LogP contribution in [0.1, 0.15) is 32.6 Å². The fourth-order valence-corrected chi connectivity index (χ4v) is 13.1. The predicted octanol–water partition coefficient (Wildman–Crippen LogP) is -16.6. The summed E-state index contributed by atoms with van der Waals surface area (Å²) in [5.41, 5.74) is 0. The van der Waals surface area contributed by atoms with E-state index in [1.165, 1.54) is 0 Å². The number of carbonyl (C=O) groups is 2. The Hall–Kier alpha value is -2.62. The Labute approximate surface area is 561 Å². The second-order valence-corrected chi connectivity index (χ2v) is 25.4. The quantitative estimate of drug-likeness (QED) is 0.0601. The van der Waals surface area contributed by atoms with E-state index >= 15 is 0 Å². The molecular weight excluding hydrogens is 1360 g/mol. The number of aliphatic hydroxyl groups excluding tert-OH is 23. The molecule has 0 aliphatic carbocycles. The lowest BCUT2D eigenvalue weighted by Crippen LogP contribution is -2.68. The highest BCUT2D eigenvalue weighted by Crippen LogP contribution is 2.39.